The Bertz CT molecular complexity index is 694. The molecule has 8 bridgehead atoms. The fraction of sp³-hybridized carbons (Fsp3) is 0.929. The normalized spacial score (nSPS) is 50.1. The summed E-state index contributed by atoms with van der Waals surface area (Å²) in [5.74, 6) is 5.07. The zero-order chi connectivity index (χ0) is 22.9. The van der Waals surface area contributed by atoms with Gasteiger partial charge in [-0.3, -0.25) is 0 Å². The molecule has 0 atom stereocenters. The SMILES string of the molecule is O=C(NC1CCC(NC(=O)NC23CC4CC(CC(C4)C2)C3)CC1)NC12CC3CC(CC(C3)C1)C2. The molecule has 9 fully saturated rings. The Kier molecular flexibility index (Phi) is 5.14. The summed E-state index contributed by atoms with van der Waals surface area (Å²) in [5.41, 5.74) is 0.153. The summed E-state index contributed by atoms with van der Waals surface area (Å²) in [6.07, 6.45) is 19.4. The van der Waals surface area contributed by atoms with E-state index in [0.717, 1.165) is 61.2 Å². The van der Waals surface area contributed by atoms with Gasteiger partial charge in [0.05, 0.1) is 0 Å². The lowest BCUT2D eigenvalue weighted by Crippen LogP contribution is -2.63. The van der Waals surface area contributed by atoms with Crippen molar-refractivity contribution in [3.63, 3.8) is 0 Å². The molecule has 0 heterocycles. The van der Waals surface area contributed by atoms with Gasteiger partial charge in [0.25, 0.3) is 0 Å². The summed E-state index contributed by atoms with van der Waals surface area (Å²) < 4.78 is 0. The Morgan fingerprint density at radius 3 is 1.00 bits per heavy atom. The molecule has 9 saturated carbocycles. The highest BCUT2D eigenvalue weighted by atomic mass is 16.2. The molecular formula is C28H44N4O2. The van der Waals surface area contributed by atoms with Crippen LogP contribution in [0.1, 0.15) is 103 Å². The Morgan fingerprint density at radius 1 is 0.471 bits per heavy atom. The second-order valence-corrected chi connectivity index (χ2v) is 14.1. The molecule has 34 heavy (non-hydrogen) atoms. The van der Waals surface area contributed by atoms with Crippen LogP contribution in [0.2, 0.25) is 0 Å². The molecule has 9 aliphatic rings. The van der Waals surface area contributed by atoms with Crippen molar-refractivity contribution in [2.24, 2.45) is 35.5 Å². The minimum absolute atomic E-state index is 0.0536. The van der Waals surface area contributed by atoms with E-state index < -0.39 is 0 Å². The number of hydrogen-bond donors (Lipinski definition) is 4. The van der Waals surface area contributed by atoms with Crippen molar-refractivity contribution in [2.45, 2.75) is 126 Å². The Hall–Kier alpha value is -1.46. The van der Waals surface area contributed by atoms with E-state index in [0.29, 0.717) is 0 Å². The van der Waals surface area contributed by atoms with E-state index in [9.17, 15) is 9.59 Å². The summed E-state index contributed by atoms with van der Waals surface area (Å²) in [7, 11) is 0. The van der Waals surface area contributed by atoms with Crippen molar-refractivity contribution in [2.75, 3.05) is 0 Å². The Balaban J connectivity index is 0.864. The molecule has 0 aliphatic heterocycles. The van der Waals surface area contributed by atoms with E-state index in [-0.39, 0.29) is 35.2 Å². The van der Waals surface area contributed by atoms with E-state index in [1.807, 2.05) is 0 Å². The predicted octanol–water partition coefficient (Wildman–Crippen LogP) is 4.83. The van der Waals surface area contributed by atoms with Crippen LogP contribution in [0.15, 0.2) is 0 Å². The van der Waals surface area contributed by atoms with Gasteiger partial charge in [0, 0.05) is 23.2 Å². The molecule has 0 spiro atoms. The van der Waals surface area contributed by atoms with Gasteiger partial charge in [0.2, 0.25) is 0 Å². The third-order valence-corrected chi connectivity index (χ3v) is 11.2. The number of nitrogens with one attached hydrogen (secondary N) is 4. The van der Waals surface area contributed by atoms with E-state index in [1.165, 1.54) is 77.0 Å². The molecule has 0 aromatic rings. The van der Waals surface area contributed by atoms with Crippen molar-refractivity contribution in [3.05, 3.63) is 0 Å². The summed E-state index contributed by atoms with van der Waals surface area (Å²) in [5, 5.41) is 13.5. The van der Waals surface area contributed by atoms with Crippen LogP contribution in [-0.2, 0) is 0 Å². The van der Waals surface area contributed by atoms with Crippen molar-refractivity contribution in [3.8, 4) is 0 Å². The number of carbonyl (C=O) groups is 2. The molecule has 4 amide bonds. The zero-order valence-corrected chi connectivity index (χ0v) is 20.7. The molecule has 0 radical (unpaired) electrons. The van der Waals surface area contributed by atoms with Gasteiger partial charge < -0.3 is 21.3 Å². The van der Waals surface area contributed by atoms with Gasteiger partial charge in [-0.25, -0.2) is 9.59 Å². The van der Waals surface area contributed by atoms with Crippen LogP contribution in [0, 0.1) is 35.5 Å². The Labute approximate surface area is 204 Å². The third kappa shape index (κ3) is 4.11. The summed E-state index contributed by atoms with van der Waals surface area (Å²) in [6, 6.07) is 0.576. The maximum Gasteiger partial charge on any atom is 0.315 e. The van der Waals surface area contributed by atoms with Crippen molar-refractivity contribution >= 4 is 12.1 Å². The van der Waals surface area contributed by atoms with Gasteiger partial charge in [0.15, 0.2) is 0 Å². The highest BCUT2D eigenvalue weighted by Crippen LogP contribution is 2.56. The maximum absolute atomic E-state index is 12.9. The third-order valence-electron chi connectivity index (χ3n) is 11.2. The van der Waals surface area contributed by atoms with E-state index >= 15 is 0 Å². The molecule has 6 heteroatoms. The highest BCUT2D eigenvalue weighted by molar-refractivity contribution is 5.76. The van der Waals surface area contributed by atoms with Gasteiger partial charge in [-0.1, -0.05) is 0 Å². The first-order valence-electron chi connectivity index (χ1n) is 14.6. The average molecular weight is 469 g/mol. The van der Waals surface area contributed by atoms with E-state index in [2.05, 4.69) is 21.3 Å². The second kappa shape index (κ2) is 8.03. The van der Waals surface area contributed by atoms with Crippen molar-refractivity contribution in [1.29, 1.82) is 0 Å². The van der Waals surface area contributed by atoms with Crippen molar-refractivity contribution in [1.82, 2.24) is 21.3 Å². The highest BCUT2D eigenvalue weighted by Gasteiger charge is 2.52. The largest absolute Gasteiger partial charge is 0.335 e. The molecule has 0 saturated heterocycles. The minimum Gasteiger partial charge on any atom is -0.335 e. The van der Waals surface area contributed by atoms with Gasteiger partial charge in [-0.15, -0.1) is 0 Å². The standard InChI is InChI=1S/C28H44N4O2/c33-25(31-27-11-17-5-18(12-27)7-19(6-17)13-27)29-23-1-2-24(4-3-23)30-26(34)32-28-14-20-8-21(15-28)10-22(9-20)16-28/h17-24H,1-16H2,(H2,29,31,33)(H2,30,32,34). The summed E-state index contributed by atoms with van der Waals surface area (Å²) in [4.78, 5) is 25.8. The maximum atomic E-state index is 12.9. The number of carbonyl (C=O) groups excluding carboxylic acids is 2. The number of hydrogen-bond acceptors (Lipinski definition) is 2. The van der Waals surface area contributed by atoms with Crippen LogP contribution in [0.5, 0.6) is 0 Å². The Morgan fingerprint density at radius 2 is 0.735 bits per heavy atom. The average Bonchev–Trinajstić information content (AvgIpc) is 2.72. The summed E-state index contributed by atoms with van der Waals surface area (Å²) in [6.45, 7) is 0. The quantitative estimate of drug-likeness (QED) is 0.476. The number of rotatable bonds is 4. The molecule has 188 valence electrons. The fourth-order valence-corrected chi connectivity index (χ4v) is 10.8. The fourth-order valence-electron chi connectivity index (χ4n) is 10.8. The first-order valence-corrected chi connectivity index (χ1v) is 14.6. The monoisotopic (exact) mass is 468 g/mol. The van der Waals surface area contributed by atoms with E-state index in [1.54, 1.807) is 0 Å². The topological polar surface area (TPSA) is 82.3 Å². The minimum atomic E-state index is 0.0536. The van der Waals surface area contributed by atoms with Crippen LogP contribution in [-0.4, -0.2) is 35.2 Å². The molecule has 0 aromatic heterocycles. The first kappa shape index (κ1) is 21.8. The van der Waals surface area contributed by atoms with Gasteiger partial charge in [-0.05, 0) is 138 Å². The first-order chi connectivity index (χ1) is 16.4. The molecule has 0 aromatic carbocycles. The predicted molar refractivity (Wildman–Crippen MR) is 131 cm³/mol. The van der Waals surface area contributed by atoms with Crippen LogP contribution in [0.4, 0.5) is 9.59 Å². The van der Waals surface area contributed by atoms with Gasteiger partial charge in [-0.2, -0.15) is 0 Å². The van der Waals surface area contributed by atoms with Gasteiger partial charge in [0.1, 0.15) is 0 Å². The lowest BCUT2D eigenvalue weighted by Gasteiger charge is -2.57. The lowest BCUT2D eigenvalue weighted by molar-refractivity contribution is -0.0142. The number of urea groups is 2. The molecule has 4 N–H and O–H groups in total. The van der Waals surface area contributed by atoms with Gasteiger partial charge >= 0.3 is 12.1 Å². The van der Waals surface area contributed by atoms with Crippen LogP contribution in [0.25, 0.3) is 0 Å². The summed E-state index contributed by atoms with van der Waals surface area (Å²) >= 11 is 0. The van der Waals surface area contributed by atoms with Crippen LogP contribution >= 0.6 is 0 Å². The number of amides is 4. The molecule has 6 nitrogen and oxygen atoms in total. The second-order valence-electron chi connectivity index (χ2n) is 14.1. The van der Waals surface area contributed by atoms with Crippen LogP contribution in [0.3, 0.4) is 0 Å². The van der Waals surface area contributed by atoms with Crippen LogP contribution < -0.4 is 21.3 Å². The van der Waals surface area contributed by atoms with E-state index in [4.69, 9.17) is 0 Å². The molecule has 9 aliphatic carbocycles. The zero-order valence-electron chi connectivity index (χ0n) is 20.7. The molecule has 0 unspecified atom stereocenters. The molecule has 9 rings (SSSR count). The smallest absolute Gasteiger partial charge is 0.315 e. The lowest BCUT2D eigenvalue weighted by atomic mass is 9.53. The van der Waals surface area contributed by atoms with Crippen molar-refractivity contribution < 1.29 is 9.59 Å². The molecular weight excluding hydrogens is 424 g/mol.